The number of benzene rings is 2. The standard InChI is InChI=1S/C15H13N3O3/c1-11(19)17-13-7-5-12(6-8-13)10-16-14-3-2-4-15(9-14)18(20)21/h2-10H,1H3,(H,17,19). The van der Waals surface area contributed by atoms with Crippen LogP contribution in [0.2, 0.25) is 0 Å². The van der Waals surface area contributed by atoms with Crippen LogP contribution < -0.4 is 5.32 Å². The van der Waals surface area contributed by atoms with Gasteiger partial charge >= 0.3 is 0 Å². The number of hydrogen-bond acceptors (Lipinski definition) is 4. The van der Waals surface area contributed by atoms with Gasteiger partial charge in [0.05, 0.1) is 10.6 Å². The Balaban J connectivity index is 2.12. The SMILES string of the molecule is CC(=O)Nc1ccc(C=Nc2cccc([N+](=O)[O-])c2)cc1. The van der Waals surface area contributed by atoms with Crippen molar-refractivity contribution in [1.29, 1.82) is 0 Å². The van der Waals surface area contributed by atoms with Gasteiger partial charge in [-0.2, -0.15) is 0 Å². The maximum atomic E-state index is 10.9. The van der Waals surface area contributed by atoms with E-state index in [1.54, 1.807) is 42.6 Å². The van der Waals surface area contributed by atoms with Crippen molar-refractivity contribution in [3.63, 3.8) is 0 Å². The second-order valence-corrected chi connectivity index (χ2v) is 4.34. The molecule has 2 rings (SSSR count). The van der Waals surface area contributed by atoms with Crippen molar-refractivity contribution < 1.29 is 9.72 Å². The lowest BCUT2D eigenvalue weighted by atomic mass is 10.2. The Morgan fingerprint density at radius 2 is 1.95 bits per heavy atom. The maximum absolute atomic E-state index is 10.9. The minimum Gasteiger partial charge on any atom is -0.326 e. The van der Waals surface area contributed by atoms with E-state index in [1.807, 2.05) is 0 Å². The number of nitrogens with one attached hydrogen (secondary N) is 1. The lowest BCUT2D eigenvalue weighted by Gasteiger charge is -2.01. The maximum Gasteiger partial charge on any atom is 0.271 e. The van der Waals surface area contributed by atoms with Gasteiger partial charge in [-0.15, -0.1) is 0 Å². The normalized spacial score (nSPS) is 10.5. The summed E-state index contributed by atoms with van der Waals surface area (Å²) in [4.78, 5) is 25.3. The van der Waals surface area contributed by atoms with Gasteiger partial charge < -0.3 is 5.32 Å². The van der Waals surface area contributed by atoms with Crippen molar-refractivity contribution in [3.8, 4) is 0 Å². The Hall–Kier alpha value is -3.02. The number of nitro groups is 1. The molecule has 1 amide bonds. The molecular weight excluding hydrogens is 270 g/mol. The number of rotatable bonds is 4. The molecule has 0 aliphatic heterocycles. The molecule has 0 spiro atoms. The van der Waals surface area contributed by atoms with Crippen LogP contribution in [0.5, 0.6) is 0 Å². The molecule has 0 aromatic heterocycles. The van der Waals surface area contributed by atoms with E-state index < -0.39 is 4.92 Å². The van der Waals surface area contributed by atoms with Crippen LogP contribution in [0.25, 0.3) is 0 Å². The van der Waals surface area contributed by atoms with Gasteiger partial charge in [0, 0.05) is 31.0 Å². The molecule has 0 aliphatic carbocycles. The molecule has 0 unspecified atom stereocenters. The van der Waals surface area contributed by atoms with Crippen LogP contribution in [0.3, 0.4) is 0 Å². The molecule has 106 valence electrons. The monoisotopic (exact) mass is 283 g/mol. The number of nitro benzene ring substituents is 1. The average Bonchev–Trinajstić information content (AvgIpc) is 2.46. The Labute approximate surface area is 121 Å². The molecule has 21 heavy (non-hydrogen) atoms. The van der Waals surface area contributed by atoms with E-state index >= 15 is 0 Å². The van der Waals surface area contributed by atoms with E-state index in [4.69, 9.17) is 0 Å². The molecule has 0 atom stereocenters. The number of hydrogen-bond donors (Lipinski definition) is 1. The summed E-state index contributed by atoms with van der Waals surface area (Å²) in [5.74, 6) is -0.131. The van der Waals surface area contributed by atoms with Crippen LogP contribution in [0.4, 0.5) is 17.1 Å². The summed E-state index contributed by atoms with van der Waals surface area (Å²) in [6, 6.07) is 13.2. The molecule has 0 saturated heterocycles. The summed E-state index contributed by atoms with van der Waals surface area (Å²) < 4.78 is 0. The van der Waals surface area contributed by atoms with Gasteiger partial charge in [0.15, 0.2) is 0 Å². The van der Waals surface area contributed by atoms with Crippen LogP contribution >= 0.6 is 0 Å². The van der Waals surface area contributed by atoms with Crippen LogP contribution in [0.1, 0.15) is 12.5 Å². The van der Waals surface area contributed by atoms with Crippen molar-refractivity contribution in [1.82, 2.24) is 0 Å². The molecule has 2 aromatic rings. The smallest absolute Gasteiger partial charge is 0.271 e. The van der Waals surface area contributed by atoms with E-state index in [2.05, 4.69) is 10.3 Å². The minimum absolute atomic E-state index is 0.00524. The summed E-state index contributed by atoms with van der Waals surface area (Å²) >= 11 is 0. The molecule has 6 heteroatoms. The fourth-order valence-corrected chi connectivity index (χ4v) is 1.69. The van der Waals surface area contributed by atoms with Crippen molar-refractivity contribution in [2.75, 3.05) is 5.32 Å². The fourth-order valence-electron chi connectivity index (χ4n) is 1.69. The van der Waals surface area contributed by atoms with Gasteiger partial charge in [0.25, 0.3) is 5.69 Å². The molecule has 0 radical (unpaired) electrons. The minimum atomic E-state index is -0.457. The van der Waals surface area contributed by atoms with Crippen molar-refractivity contribution in [3.05, 3.63) is 64.2 Å². The molecule has 0 saturated carbocycles. The number of carbonyl (C=O) groups excluding carboxylic acids is 1. The summed E-state index contributed by atoms with van der Waals surface area (Å²) in [6.07, 6.45) is 1.61. The number of aliphatic imine (C=N–C) groups is 1. The van der Waals surface area contributed by atoms with E-state index in [1.165, 1.54) is 19.1 Å². The molecule has 1 N–H and O–H groups in total. The zero-order valence-corrected chi connectivity index (χ0v) is 11.3. The topological polar surface area (TPSA) is 84.6 Å². The highest BCUT2D eigenvalue weighted by molar-refractivity contribution is 5.89. The highest BCUT2D eigenvalue weighted by Gasteiger charge is 2.04. The second-order valence-electron chi connectivity index (χ2n) is 4.34. The van der Waals surface area contributed by atoms with E-state index in [0.717, 1.165) is 5.56 Å². The van der Waals surface area contributed by atoms with Crippen LogP contribution in [-0.4, -0.2) is 17.0 Å². The molecule has 0 fully saturated rings. The third-order valence-electron chi connectivity index (χ3n) is 2.63. The fraction of sp³-hybridized carbons (Fsp3) is 0.0667. The first kappa shape index (κ1) is 14.4. The van der Waals surface area contributed by atoms with Gasteiger partial charge in [-0.05, 0) is 23.8 Å². The molecule has 2 aromatic carbocycles. The largest absolute Gasteiger partial charge is 0.326 e. The quantitative estimate of drug-likeness (QED) is 0.530. The van der Waals surface area contributed by atoms with Crippen molar-refractivity contribution >= 4 is 29.2 Å². The van der Waals surface area contributed by atoms with Gasteiger partial charge in [0.2, 0.25) is 5.91 Å². The van der Waals surface area contributed by atoms with E-state index in [9.17, 15) is 14.9 Å². The third kappa shape index (κ3) is 4.24. The average molecular weight is 283 g/mol. The molecule has 0 bridgehead atoms. The Bertz CT molecular complexity index is 694. The first-order valence-corrected chi connectivity index (χ1v) is 6.21. The Kier molecular flexibility index (Phi) is 4.40. The van der Waals surface area contributed by atoms with Crippen molar-refractivity contribution in [2.24, 2.45) is 4.99 Å². The van der Waals surface area contributed by atoms with Crippen molar-refractivity contribution in [2.45, 2.75) is 6.92 Å². The molecule has 6 nitrogen and oxygen atoms in total. The first-order valence-electron chi connectivity index (χ1n) is 6.21. The Morgan fingerprint density at radius 3 is 2.57 bits per heavy atom. The zero-order chi connectivity index (χ0) is 15.2. The zero-order valence-electron chi connectivity index (χ0n) is 11.3. The van der Waals surface area contributed by atoms with E-state index in [0.29, 0.717) is 11.4 Å². The Morgan fingerprint density at radius 1 is 1.24 bits per heavy atom. The van der Waals surface area contributed by atoms with Crippen LogP contribution in [-0.2, 0) is 4.79 Å². The van der Waals surface area contributed by atoms with Gasteiger partial charge in [-0.25, -0.2) is 0 Å². The third-order valence-corrected chi connectivity index (χ3v) is 2.63. The lowest BCUT2D eigenvalue weighted by molar-refractivity contribution is -0.384. The number of anilines is 1. The number of non-ortho nitro benzene ring substituents is 1. The molecule has 0 aliphatic rings. The second kappa shape index (κ2) is 6.42. The van der Waals surface area contributed by atoms with Gasteiger partial charge in [-0.1, -0.05) is 18.2 Å². The van der Waals surface area contributed by atoms with E-state index in [-0.39, 0.29) is 11.6 Å². The van der Waals surface area contributed by atoms with Crippen LogP contribution in [0.15, 0.2) is 53.5 Å². The molecule has 0 heterocycles. The predicted octanol–water partition coefficient (Wildman–Crippen LogP) is 3.30. The molecular formula is C15H13N3O3. The number of nitrogens with zero attached hydrogens (tertiary/aromatic N) is 2. The predicted molar refractivity (Wildman–Crippen MR) is 81.1 cm³/mol. The summed E-state index contributed by atoms with van der Waals surface area (Å²) in [7, 11) is 0. The lowest BCUT2D eigenvalue weighted by Crippen LogP contribution is -2.05. The number of carbonyl (C=O) groups is 1. The highest BCUT2D eigenvalue weighted by atomic mass is 16.6. The van der Waals surface area contributed by atoms with Gasteiger partial charge in [-0.3, -0.25) is 19.9 Å². The highest BCUT2D eigenvalue weighted by Crippen LogP contribution is 2.19. The van der Waals surface area contributed by atoms with Crippen LogP contribution in [0, 0.1) is 10.1 Å². The summed E-state index contributed by atoms with van der Waals surface area (Å²) in [5.41, 5.74) is 2.05. The number of amides is 1. The summed E-state index contributed by atoms with van der Waals surface area (Å²) in [5, 5.41) is 13.3. The van der Waals surface area contributed by atoms with Gasteiger partial charge in [0.1, 0.15) is 0 Å². The first-order chi connectivity index (χ1) is 10.0. The summed E-state index contributed by atoms with van der Waals surface area (Å²) in [6.45, 7) is 1.44.